The molecule has 3 rings (SSSR count). The molecule has 106 valence electrons. The van der Waals surface area contributed by atoms with E-state index in [1.54, 1.807) is 0 Å². The first-order chi connectivity index (χ1) is 9.65. The van der Waals surface area contributed by atoms with Gasteiger partial charge in [-0.05, 0) is 38.0 Å². The highest BCUT2D eigenvalue weighted by molar-refractivity contribution is 7.22. The van der Waals surface area contributed by atoms with Crippen molar-refractivity contribution in [1.82, 2.24) is 9.88 Å². The van der Waals surface area contributed by atoms with Crippen LogP contribution in [0.25, 0.3) is 10.2 Å². The number of thiazole rings is 1. The molecule has 2 N–H and O–H groups in total. The van der Waals surface area contributed by atoms with Crippen LogP contribution in [0, 0.1) is 0 Å². The van der Waals surface area contributed by atoms with Crippen LogP contribution in [0.15, 0.2) is 18.2 Å². The van der Waals surface area contributed by atoms with Crippen molar-refractivity contribution in [3.63, 3.8) is 0 Å². The van der Waals surface area contributed by atoms with Gasteiger partial charge in [0, 0.05) is 18.2 Å². The summed E-state index contributed by atoms with van der Waals surface area (Å²) in [5.74, 6) is 0.133. The third-order valence-electron chi connectivity index (χ3n) is 3.97. The number of carbonyl (C=O) groups is 1. The SMILES string of the molecule is CC1CCCCCN1C(=O)c1ccc2nc(N)sc2c1. The molecule has 0 bridgehead atoms. The van der Waals surface area contributed by atoms with Crippen LogP contribution in [0.5, 0.6) is 0 Å². The Labute approximate surface area is 122 Å². The lowest BCUT2D eigenvalue weighted by molar-refractivity contribution is 0.0698. The Bertz CT molecular complexity index is 637. The van der Waals surface area contributed by atoms with Crippen LogP contribution in [0.3, 0.4) is 0 Å². The minimum Gasteiger partial charge on any atom is -0.375 e. The van der Waals surface area contributed by atoms with Gasteiger partial charge >= 0.3 is 0 Å². The zero-order valence-corrected chi connectivity index (χ0v) is 12.4. The van der Waals surface area contributed by atoms with Gasteiger partial charge in [-0.2, -0.15) is 0 Å². The van der Waals surface area contributed by atoms with E-state index in [1.807, 2.05) is 23.1 Å². The first kappa shape index (κ1) is 13.4. The minimum atomic E-state index is 0.133. The van der Waals surface area contributed by atoms with Gasteiger partial charge in [-0.3, -0.25) is 4.79 Å². The monoisotopic (exact) mass is 289 g/mol. The van der Waals surface area contributed by atoms with Crippen LogP contribution in [0.4, 0.5) is 5.13 Å². The fraction of sp³-hybridized carbons (Fsp3) is 0.467. The number of amides is 1. The molecule has 1 atom stereocenters. The Balaban J connectivity index is 1.90. The van der Waals surface area contributed by atoms with Crippen molar-refractivity contribution in [2.24, 2.45) is 0 Å². The molecule has 4 nitrogen and oxygen atoms in total. The molecule has 2 heterocycles. The summed E-state index contributed by atoms with van der Waals surface area (Å²) in [5, 5.41) is 0.549. The van der Waals surface area contributed by atoms with E-state index in [0.717, 1.165) is 35.2 Å². The number of anilines is 1. The lowest BCUT2D eigenvalue weighted by Crippen LogP contribution is -2.38. The second-order valence-corrected chi connectivity index (χ2v) is 6.49. The molecule has 0 radical (unpaired) electrons. The van der Waals surface area contributed by atoms with Crippen molar-refractivity contribution in [2.45, 2.75) is 38.6 Å². The number of carbonyl (C=O) groups excluding carboxylic acids is 1. The molecule has 1 unspecified atom stereocenters. The zero-order valence-electron chi connectivity index (χ0n) is 11.6. The second kappa shape index (κ2) is 5.40. The van der Waals surface area contributed by atoms with E-state index in [-0.39, 0.29) is 5.91 Å². The maximum Gasteiger partial charge on any atom is 0.254 e. The number of nitrogen functional groups attached to an aromatic ring is 1. The third kappa shape index (κ3) is 2.50. The van der Waals surface area contributed by atoms with E-state index < -0.39 is 0 Å². The number of aromatic nitrogens is 1. The number of hydrogen-bond donors (Lipinski definition) is 1. The average Bonchev–Trinajstić information content (AvgIpc) is 2.66. The molecule has 0 spiro atoms. The van der Waals surface area contributed by atoms with Crippen molar-refractivity contribution >= 4 is 32.6 Å². The number of fused-ring (bicyclic) bond motifs is 1. The normalized spacial score (nSPS) is 20.1. The molecule has 5 heteroatoms. The lowest BCUT2D eigenvalue weighted by atomic mass is 10.1. The van der Waals surface area contributed by atoms with Crippen LogP contribution in [0.2, 0.25) is 0 Å². The molecule has 2 aromatic rings. The molecule has 1 aliphatic heterocycles. The van der Waals surface area contributed by atoms with Crippen molar-refractivity contribution in [3.8, 4) is 0 Å². The highest BCUT2D eigenvalue weighted by atomic mass is 32.1. The predicted octanol–water partition coefficient (Wildman–Crippen LogP) is 3.28. The lowest BCUT2D eigenvalue weighted by Gasteiger charge is -2.27. The fourth-order valence-electron chi connectivity index (χ4n) is 2.82. The Kier molecular flexibility index (Phi) is 3.61. The summed E-state index contributed by atoms with van der Waals surface area (Å²) < 4.78 is 0.982. The molecule has 20 heavy (non-hydrogen) atoms. The van der Waals surface area contributed by atoms with E-state index in [4.69, 9.17) is 5.73 Å². The zero-order chi connectivity index (χ0) is 14.1. The molecular weight excluding hydrogens is 270 g/mol. The summed E-state index contributed by atoms with van der Waals surface area (Å²) in [6.07, 6.45) is 4.64. The van der Waals surface area contributed by atoms with Crippen molar-refractivity contribution in [3.05, 3.63) is 23.8 Å². The molecule has 0 aliphatic carbocycles. The van der Waals surface area contributed by atoms with E-state index >= 15 is 0 Å². The molecule has 1 amide bonds. The van der Waals surface area contributed by atoms with Crippen LogP contribution in [0.1, 0.15) is 43.0 Å². The molecule has 1 saturated heterocycles. The van der Waals surface area contributed by atoms with Crippen molar-refractivity contribution in [2.75, 3.05) is 12.3 Å². The number of benzene rings is 1. The smallest absolute Gasteiger partial charge is 0.254 e. The quantitative estimate of drug-likeness (QED) is 0.876. The number of nitrogens with zero attached hydrogens (tertiary/aromatic N) is 2. The van der Waals surface area contributed by atoms with Gasteiger partial charge in [0.25, 0.3) is 5.91 Å². The van der Waals surface area contributed by atoms with Crippen LogP contribution in [-0.2, 0) is 0 Å². The summed E-state index contributed by atoms with van der Waals surface area (Å²) in [6, 6.07) is 6.00. The van der Waals surface area contributed by atoms with Gasteiger partial charge in [0.2, 0.25) is 0 Å². The van der Waals surface area contributed by atoms with Crippen LogP contribution < -0.4 is 5.73 Å². The number of likely N-dealkylation sites (tertiary alicyclic amines) is 1. The maximum absolute atomic E-state index is 12.7. The largest absolute Gasteiger partial charge is 0.375 e. The predicted molar refractivity (Wildman–Crippen MR) is 83.0 cm³/mol. The van der Waals surface area contributed by atoms with Gasteiger partial charge in [-0.25, -0.2) is 4.98 Å². The fourth-order valence-corrected chi connectivity index (χ4v) is 3.59. The Hall–Kier alpha value is -1.62. The number of hydrogen-bond acceptors (Lipinski definition) is 4. The average molecular weight is 289 g/mol. The Morgan fingerprint density at radius 1 is 1.40 bits per heavy atom. The van der Waals surface area contributed by atoms with Gasteiger partial charge in [-0.1, -0.05) is 24.2 Å². The standard InChI is InChI=1S/C15H19N3OS/c1-10-5-3-2-4-8-18(10)14(19)11-6-7-12-13(9-11)20-15(16)17-12/h6-7,9-10H,2-5,8H2,1H3,(H2,16,17). The molecule has 1 aliphatic rings. The number of nitrogens with two attached hydrogens (primary N) is 1. The van der Waals surface area contributed by atoms with Crippen LogP contribution in [-0.4, -0.2) is 28.4 Å². The van der Waals surface area contributed by atoms with Gasteiger partial charge in [0.1, 0.15) is 0 Å². The van der Waals surface area contributed by atoms with E-state index in [1.165, 1.54) is 24.2 Å². The Morgan fingerprint density at radius 2 is 2.25 bits per heavy atom. The van der Waals surface area contributed by atoms with E-state index in [9.17, 15) is 4.79 Å². The summed E-state index contributed by atoms with van der Waals surface area (Å²) in [7, 11) is 0. The molecule has 1 aromatic carbocycles. The molecule has 1 fully saturated rings. The first-order valence-corrected chi connectivity index (χ1v) is 7.94. The van der Waals surface area contributed by atoms with Gasteiger partial charge in [0.15, 0.2) is 5.13 Å². The van der Waals surface area contributed by atoms with Gasteiger partial charge < -0.3 is 10.6 Å². The van der Waals surface area contributed by atoms with Crippen molar-refractivity contribution in [1.29, 1.82) is 0 Å². The maximum atomic E-state index is 12.7. The highest BCUT2D eigenvalue weighted by Crippen LogP contribution is 2.26. The topological polar surface area (TPSA) is 59.2 Å². The summed E-state index contributed by atoms with van der Waals surface area (Å²) in [4.78, 5) is 18.9. The third-order valence-corrected chi connectivity index (χ3v) is 4.81. The molecule has 1 aromatic heterocycles. The molecule has 0 saturated carbocycles. The van der Waals surface area contributed by atoms with E-state index in [0.29, 0.717) is 11.2 Å². The highest BCUT2D eigenvalue weighted by Gasteiger charge is 2.23. The first-order valence-electron chi connectivity index (χ1n) is 7.12. The number of rotatable bonds is 1. The summed E-state index contributed by atoms with van der Waals surface area (Å²) >= 11 is 1.43. The Morgan fingerprint density at radius 3 is 3.10 bits per heavy atom. The summed E-state index contributed by atoms with van der Waals surface area (Å²) in [5.41, 5.74) is 7.33. The molecular formula is C15H19N3OS. The van der Waals surface area contributed by atoms with Crippen LogP contribution >= 0.6 is 11.3 Å². The summed E-state index contributed by atoms with van der Waals surface area (Å²) in [6.45, 7) is 3.01. The van der Waals surface area contributed by atoms with Crippen molar-refractivity contribution < 1.29 is 4.79 Å². The van der Waals surface area contributed by atoms with Gasteiger partial charge in [0.05, 0.1) is 10.2 Å². The second-order valence-electron chi connectivity index (χ2n) is 5.43. The van der Waals surface area contributed by atoms with E-state index in [2.05, 4.69) is 11.9 Å². The minimum absolute atomic E-state index is 0.133. The van der Waals surface area contributed by atoms with Gasteiger partial charge in [-0.15, -0.1) is 0 Å².